The molecule has 0 radical (unpaired) electrons. The zero-order chi connectivity index (χ0) is 14.1. The van der Waals surface area contributed by atoms with Crippen molar-refractivity contribution in [2.24, 2.45) is 0 Å². The summed E-state index contributed by atoms with van der Waals surface area (Å²) in [5.41, 5.74) is 5.01. The Bertz CT molecular complexity index is 794. The summed E-state index contributed by atoms with van der Waals surface area (Å²) in [6.07, 6.45) is 0. The number of nitrogens with zero attached hydrogens (tertiary/aromatic N) is 1. The Labute approximate surface area is 117 Å². The molecule has 100 valence electrons. The van der Waals surface area contributed by atoms with Crippen molar-refractivity contribution in [3.05, 3.63) is 76.1 Å². The average molecular weight is 264 g/mol. The van der Waals surface area contributed by atoms with Crippen LogP contribution in [0.15, 0.2) is 59.4 Å². The minimum Gasteiger partial charge on any atom is -0.290 e. The zero-order valence-electron chi connectivity index (χ0n) is 11.6. The van der Waals surface area contributed by atoms with E-state index in [4.69, 9.17) is 0 Å². The van der Waals surface area contributed by atoms with Crippen LogP contribution < -0.4 is 5.56 Å². The molecule has 0 atom stereocenters. The van der Waals surface area contributed by atoms with Gasteiger partial charge in [-0.05, 0) is 31.5 Å². The van der Waals surface area contributed by atoms with Gasteiger partial charge >= 0.3 is 0 Å². The fourth-order valence-electron chi connectivity index (χ4n) is 2.29. The van der Waals surface area contributed by atoms with Crippen LogP contribution in [0, 0.1) is 13.8 Å². The summed E-state index contributed by atoms with van der Waals surface area (Å²) in [6, 6.07) is 17.5. The normalized spacial score (nSPS) is 10.7. The summed E-state index contributed by atoms with van der Waals surface area (Å²) in [5.74, 6) is 0. The Morgan fingerprint density at radius 3 is 2.35 bits per heavy atom. The molecule has 0 aliphatic carbocycles. The average Bonchev–Trinajstić information content (AvgIpc) is 2.82. The zero-order valence-corrected chi connectivity index (χ0v) is 11.6. The van der Waals surface area contributed by atoms with Crippen LogP contribution in [0.2, 0.25) is 0 Å². The molecule has 0 amide bonds. The van der Waals surface area contributed by atoms with E-state index >= 15 is 0 Å². The Balaban J connectivity index is 2.10. The molecule has 1 aromatic heterocycles. The van der Waals surface area contributed by atoms with E-state index in [1.807, 2.05) is 62.4 Å². The van der Waals surface area contributed by atoms with Crippen molar-refractivity contribution in [1.82, 2.24) is 9.78 Å². The van der Waals surface area contributed by atoms with Gasteiger partial charge in [-0.25, -0.2) is 4.68 Å². The first-order valence-electron chi connectivity index (χ1n) is 6.60. The summed E-state index contributed by atoms with van der Waals surface area (Å²) < 4.78 is 1.57. The summed E-state index contributed by atoms with van der Waals surface area (Å²) in [4.78, 5) is 12.1. The second kappa shape index (κ2) is 4.85. The van der Waals surface area contributed by atoms with Crippen molar-refractivity contribution in [2.45, 2.75) is 13.8 Å². The fourth-order valence-corrected chi connectivity index (χ4v) is 2.29. The summed E-state index contributed by atoms with van der Waals surface area (Å²) in [6.45, 7) is 4.07. The van der Waals surface area contributed by atoms with E-state index in [2.05, 4.69) is 5.10 Å². The van der Waals surface area contributed by atoms with Gasteiger partial charge in [0.2, 0.25) is 0 Å². The van der Waals surface area contributed by atoms with E-state index in [-0.39, 0.29) is 5.56 Å². The smallest absolute Gasteiger partial charge is 0.271 e. The first-order valence-corrected chi connectivity index (χ1v) is 6.60. The Hall–Kier alpha value is -2.55. The number of benzene rings is 2. The highest BCUT2D eigenvalue weighted by Crippen LogP contribution is 2.20. The van der Waals surface area contributed by atoms with Gasteiger partial charge in [-0.1, -0.05) is 42.0 Å². The molecule has 0 unspecified atom stereocenters. The monoisotopic (exact) mass is 264 g/mol. The molecule has 1 heterocycles. The van der Waals surface area contributed by atoms with E-state index < -0.39 is 0 Å². The topological polar surface area (TPSA) is 37.8 Å². The second-order valence-corrected chi connectivity index (χ2v) is 4.99. The minimum absolute atomic E-state index is 0.0490. The third kappa shape index (κ3) is 2.18. The molecular formula is C17H16N2O. The van der Waals surface area contributed by atoms with Crippen LogP contribution in [0.1, 0.15) is 11.1 Å². The third-order valence-corrected chi connectivity index (χ3v) is 3.45. The Morgan fingerprint density at radius 1 is 0.950 bits per heavy atom. The van der Waals surface area contributed by atoms with Crippen molar-refractivity contribution in [1.29, 1.82) is 0 Å². The van der Waals surface area contributed by atoms with Gasteiger partial charge in [0, 0.05) is 11.6 Å². The molecule has 20 heavy (non-hydrogen) atoms. The molecule has 0 saturated carbocycles. The lowest BCUT2D eigenvalue weighted by molar-refractivity contribution is 0.852. The second-order valence-electron chi connectivity index (χ2n) is 4.99. The van der Waals surface area contributed by atoms with Gasteiger partial charge in [-0.3, -0.25) is 9.89 Å². The number of aryl methyl sites for hydroxylation is 2. The Kier molecular flexibility index (Phi) is 3.03. The standard InChI is InChI=1S/C17H16N2O/c1-12-7-9-14(10-8-12)19-17(20)11-16(18-19)15-6-4-3-5-13(15)2/h3-11,18H,1-2H3. The van der Waals surface area contributed by atoms with Crippen LogP contribution >= 0.6 is 0 Å². The molecule has 2 aromatic carbocycles. The number of hydrogen-bond acceptors (Lipinski definition) is 1. The van der Waals surface area contributed by atoms with Crippen LogP contribution in [0.4, 0.5) is 0 Å². The van der Waals surface area contributed by atoms with Crippen LogP contribution in [-0.2, 0) is 0 Å². The van der Waals surface area contributed by atoms with E-state index in [1.165, 1.54) is 5.56 Å². The molecule has 0 aliphatic heterocycles. The van der Waals surface area contributed by atoms with Gasteiger partial charge in [-0.15, -0.1) is 0 Å². The fraction of sp³-hybridized carbons (Fsp3) is 0.118. The van der Waals surface area contributed by atoms with Gasteiger partial charge in [-0.2, -0.15) is 0 Å². The lowest BCUT2D eigenvalue weighted by Crippen LogP contribution is -2.13. The molecule has 0 bridgehead atoms. The van der Waals surface area contributed by atoms with Gasteiger partial charge in [0.25, 0.3) is 5.56 Å². The lowest BCUT2D eigenvalue weighted by atomic mass is 10.1. The SMILES string of the molecule is Cc1ccc(-n2[nH]c(-c3ccccc3C)cc2=O)cc1. The molecule has 3 rings (SSSR count). The molecule has 1 N–H and O–H groups in total. The van der Waals surface area contributed by atoms with Crippen molar-refractivity contribution in [3.8, 4) is 16.9 Å². The van der Waals surface area contributed by atoms with Gasteiger partial charge in [0.05, 0.1) is 11.4 Å². The molecule has 0 spiro atoms. The van der Waals surface area contributed by atoms with Crippen molar-refractivity contribution in [2.75, 3.05) is 0 Å². The highest BCUT2D eigenvalue weighted by atomic mass is 16.1. The molecule has 3 heteroatoms. The van der Waals surface area contributed by atoms with Crippen molar-refractivity contribution >= 4 is 0 Å². The third-order valence-electron chi connectivity index (χ3n) is 3.45. The summed E-state index contributed by atoms with van der Waals surface area (Å²) >= 11 is 0. The highest BCUT2D eigenvalue weighted by molar-refractivity contribution is 5.63. The lowest BCUT2D eigenvalue weighted by Gasteiger charge is -2.04. The predicted molar refractivity (Wildman–Crippen MR) is 81.3 cm³/mol. The van der Waals surface area contributed by atoms with Crippen LogP contribution in [-0.4, -0.2) is 9.78 Å². The van der Waals surface area contributed by atoms with Crippen molar-refractivity contribution in [3.63, 3.8) is 0 Å². The number of H-pyrrole nitrogens is 1. The molecular weight excluding hydrogens is 248 g/mol. The summed E-state index contributed by atoms with van der Waals surface area (Å²) in [7, 11) is 0. The first kappa shape index (κ1) is 12.5. The van der Waals surface area contributed by atoms with Gasteiger partial charge < -0.3 is 0 Å². The maximum Gasteiger partial charge on any atom is 0.271 e. The number of hydrogen-bond donors (Lipinski definition) is 1. The minimum atomic E-state index is -0.0490. The number of aromatic nitrogens is 2. The van der Waals surface area contributed by atoms with Crippen LogP contribution in [0.3, 0.4) is 0 Å². The Morgan fingerprint density at radius 2 is 1.65 bits per heavy atom. The van der Waals surface area contributed by atoms with E-state index in [1.54, 1.807) is 10.7 Å². The largest absolute Gasteiger partial charge is 0.290 e. The number of aromatic amines is 1. The predicted octanol–water partition coefficient (Wildman–Crippen LogP) is 3.45. The van der Waals surface area contributed by atoms with E-state index in [9.17, 15) is 4.79 Å². The van der Waals surface area contributed by atoms with E-state index in [0.29, 0.717) is 0 Å². The quantitative estimate of drug-likeness (QED) is 0.756. The number of rotatable bonds is 2. The maximum atomic E-state index is 12.1. The molecule has 0 saturated heterocycles. The van der Waals surface area contributed by atoms with Crippen molar-refractivity contribution < 1.29 is 0 Å². The molecule has 3 nitrogen and oxygen atoms in total. The van der Waals surface area contributed by atoms with Crippen LogP contribution in [0.25, 0.3) is 16.9 Å². The maximum absolute atomic E-state index is 12.1. The summed E-state index contributed by atoms with van der Waals surface area (Å²) in [5, 5.41) is 3.18. The highest BCUT2D eigenvalue weighted by Gasteiger charge is 2.08. The van der Waals surface area contributed by atoms with Gasteiger partial charge in [0.15, 0.2) is 0 Å². The van der Waals surface area contributed by atoms with Gasteiger partial charge in [0.1, 0.15) is 0 Å². The molecule has 0 aliphatic rings. The number of nitrogens with one attached hydrogen (secondary N) is 1. The van der Waals surface area contributed by atoms with E-state index in [0.717, 1.165) is 22.5 Å². The first-order chi connectivity index (χ1) is 9.65. The molecule has 3 aromatic rings. The van der Waals surface area contributed by atoms with Crippen LogP contribution in [0.5, 0.6) is 0 Å². The molecule has 0 fully saturated rings.